The Morgan fingerprint density at radius 2 is 2.25 bits per heavy atom. The maximum absolute atomic E-state index is 10.5. The van der Waals surface area contributed by atoms with Crippen LogP contribution in [-0.2, 0) is 0 Å². The van der Waals surface area contributed by atoms with E-state index in [2.05, 4.69) is 11.4 Å². The lowest BCUT2D eigenvalue weighted by Crippen LogP contribution is -2.39. The molecule has 1 aliphatic heterocycles. The van der Waals surface area contributed by atoms with Crippen molar-refractivity contribution < 1.29 is 9.84 Å². The van der Waals surface area contributed by atoms with Gasteiger partial charge in [0.1, 0.15) is 16.5 Å². The molecule has 0 aliphatic carbocycles. The quantitative estimate of drug-likeness (QED) is 0.819. The fourth-order valence-corrected chi connectivity index (χ4v) is 2.37. The molecule has 1 aromatic carbocycles. The van der Waals surface area contributed by atoms with Crippen LogP contribution in [-0.4, -0.2) is 22.7 Å². The van der Waals surface area contributed by atoms with Crippen LogP contribution in [0, 0.1) is 11.3 Å². The molecule has 0 bridgehead atoms. The number of hydrogen-bond acceptors (Lipinski definition) is 4. The summed E-state index contributed by atoms with van der Waals surface area (Å²) in [6.07, 6.45) is 0.605. The zero-order valence-corrected chi connectivity index (χ0v) is 12.5. The number of aliphatic hydroxyl groups is 1. The lowest BCUT2D eigenvalue weighted by atomic mass is 9.88. The largest absolute Gasteiger partial charge is 0.507 e. The fraction of sp³-hybridized carbons (Fsp3) is 0.333. The molecule has 2 rings (SSSR count). The maximum Gasteiger partial charge on any atom is 0.163 e. The van der Waals surface area contributed by atoms with Crippen LogP contribution in [0.1, 0.15) is 31.4 Å². The SMILES string of the molecule is CCC1(C)Oc2ccc(C#N)cc2C(C(=S)NC)=C1O. The number of aliphatic hydroxyl groups excluding tert-OH is 1. The minimum absolute atomic E-state index is 0.0990. The van der Waals surface area contributed by atoms with Crippen molar-refractivity contribution in [3.63, 3.8) is 0 Å². The standard InChI is InChI=1S/C15H16N2O2S/c1-4-15(2)13(18)12(14(20)17-3)10-7-9(8-16)5-6-11(10)19-15/h5-7,18H,4H2,1-3H3,(H,17,20). The Kier molecular flexibility index (Phi) is 3.69. The molecule has 0 spiro atoms. The molecule has 0 saturated heterocycles. The van der Waals surface area contributed by atoms with Crippen LogP contribution < -0.4 is 10.1 Å². The predicted octanol–water partition coefficient (Wildman–Crippen LogP) is 2.94. The highest BCUT2D eigenvalue weighted by Gasteiger charge is 2.39. The summed E-state index contributed by atoms with van der Waals surface area (Å²) >= 11 is 5.29. The van der Waals surface area contributed by atoms with Crippen LogP contribution in [0.4, 0.5) is 0 Å². The molecule has 20 heavy (non-hydrogen) atoms. The number of ether oxygens (including phenoxy) is 1. The van der Waals surface area contributed by atoms with E-state index in [0.717, 1.165) is 0 Å². The summed E-state index contributed by atoms with van der Waals surface area (Å²) in [5.41, 5.74) is 0.867. The molecule has 1 heterocycles. The summed E-state index contributed by atoms with van der Waals surface area (Å²) < 4.78 is 5.90. The topological polar surface area (TPSA) is 65.3 Å². The molecule has 0 radical (unpaired) electrons. The van der Waals surface area contributed by atoms with Crippen LogP contribution in [0.3, 0.4) is 0 Å². The Morgan fingerprint density at radius 1 is 1.55 bits per heavy atom. The third kappa shape index (κ3) is 2.12. The minimum Gasteiger partial charge on any atom is -0.507 e. The normalized spacial score (nSPS) is 20.7. The number of nitrogens with one attached hydrogen (secondary N) is 1. The monoisotopic (exact) mass is 288 g/mol. The van der Waals surface area contributed by atoms with E-state index < -0.39 is 5.60 Å². The smallest absolute Gasteiger partial charge is 0.163 e. The number of benzene rings is 1. The third-order valence-corrected chi connectivity index (χ3v) is 3.99. The van der Waals surface area contributed by atoms with Crippen molar-refractivity contribution in [3.8, 4) is 11.8 Å². The van der Waals surface area contributed by atoms with E-state index in [9.17, 15) is 5.11 Å². The summed E-state index contributed by atoms with van der Waals surface area (Å²) in [5, 5.41) is 22.4. The molecule has 1 aromatic rings. The molecule has 0 fully saturated rings. The molecule has 4 nitrogen and oxygen atoms in total. The Hall–Kier alpha value is -2.06. The molecule has 0 aromatic heterocycles. The summed E-state index contributed by atoms with van der Waals surface area (Å²) in [7, 11) is 1.70. The van der Waals surface area contributed by atoms with Crippen LogP contribution in [0.15, 0.2) is 24.0 Å². The lowest BCUT2D eigenvalue weighted by Gasteiger charge is -2.36. The van der Waals surface area contributed by atoms with Crippen molar-refractivity contribution in [3.05, 3.63) is 35.1 Å². The van der Waals surface area contributed by atoms with Crippen LogP contribution in [0.5, 0.6) is 5.75 Å². The minimum atomic E-state index is -0.808. The molecule has 1 unspecified atom stereocenters. The number of hydrogen-bond donors (Lipinski definition) is 2. The second kappa shape index (κ2) is 5.14. The van der Waals surface area contributed by atoms with Gasteiger partial charge in [0, 0.05) is 12.6 Å². The number of likely N-dealkylation sites (N-methyl/N-ethyl adjacent to an activating group) is 1. The van der Waals surface area contributed by atoms with Gasteiger partial charge in [0.05, 0.1) is 17.2 Å². The van der Waals surface area contributed by atoms with Crippen molar-refractivity contribution in [2.24, 2.45) is 0 Å². The Morgan fingerprint density at radius 3 is 2.80 bits per heavy atom. The van der Waals surface area contributed by atoms with Crippen LogP contribution >= 0.6 is 12.2 Å². The zero-order chi connectivity index (χ0) is 14.9. The fourth-order valence-electron chi connectivity index (χ4n) is 2.16. The van der Waals surface area contributed by atoms with Gasteiger partial charge in [-0.2, -0.15) is 5.26 Å². The van der Waals surface area contributed by atoms with E-state index in [1.165, 1.54) is 0 Å². The van der Waals surface area contributed by atoms with Gasteiger partial charge in [-0.05, 0) is 31.5 Å². The van der Waals surface area contributed by atoms with Gasteiger partial charge in [-0.1, -0.05) is 19.1 Å². The number of rotatable bonds is 2. The van der Waals surface area contributed by atoms with Gasteiger partial charge in [-0.3, -0.25) is 0 Å². The third-order valence-electron chi connectivity index (χ3n) is 3.58. The van der Waals surface area contributed by atoms with Crippen LogP contribution in [0.25, 0.3) is 5.57 Å². The number of fused-ring (bicyclic) bond motifs is 1. The van der Waals surface area contributed by atoms with Crippen molar-refractivity contribution in [2.45, 2.75) is 25.9 Å². The van der Waals surface area contributed by atoms with Crippen molar-refractivity contribution in [2.75, 3.05) is 7.05 Å². The first-order chi connectivity index (χ1) is 9.46. The number of thiocarbonyl (C=S) groups is 1. The van der Waals surface area contributed by atoms with E-state index in [1.807, 2.05) is 13.8 Å². The van der Waals surface area contributed by atoms with Crippen LogP contribution in [0.2, 0.25) is 0 Å². The molecule has 2 N–H and O–H groups in total. The Balaban J connectivity index is 2.73. The van der Waals surface area contributed by atoms with E-state index in [-0.39, 0.29) is 5.76 Å². The first kappa shape index (κ1) is 14.4. The molecule has 5 heteroatoms. The van der Waals surface area contributed by atoms with Gasteiger partial charge < -0.3 is 15.2 Å². The molecule has 1 atom stereocenters. The average Bonchev–Trinajstić information content (AvgIpc) is 2.47. The van der Waals surface area contributed by atoms with Gasteiger partial charge in [0.25, 0.3) is 0 Å². The van der Waals surface area contributed by atoms with Gasteiger partial charge in [-0.15, -0.1) is 0 Å². The Labute approximate surface area is 123 Å². The highest BCUT2D eigenvalue weighted by Crippen LogP contribution is 2.41. The van der Waals surface area contributed by atoms with Gasteiger partial charge in [-0.25, -0.2) is 0 Å². The molecule has 104 valence electrons. The van der Waals surface area contributed by atoms with Crippen molar-refractivity contribution in [1.29, 1.82) is 5.26 Å². The number of nitriles is 1. The first-order valence-electron chi connectivity index (χ1n) is 6.36. The van der Waals surface area contributed by atoms with Crippen molar-refractivity contribution >= 4 is 22.8 Å². The molecule has 1 aliphatic rings. The summed E-state index contributed by atoms with van der Waals surface area (Å²) in [6, 6.07) is 7.20. The van der Waals surface area contributed by atoms with Crippen molar-refractivity contribution in [1.82, 2.24) is 5.32 Å². The summed E-state index contributed by atoms with van der Waals surface area (Å²) in [6.45, 7) is 3.76. The van der Waals surface area contributed by atoms with E-state index in [1.54, 1.807) is 25.2 Å². The zero-order valence-electron chi connectivity index (χ0n) is 11.7. The summed E-state index contributed by atoms with van der Waals surface area (Å²) in [5.74, 6) is 0.723. The molecular formula is C15H16N2O2S. The van der Waals surface area contributed by atoms with E-state index in [0.29, 0.717) is 33.9 Å². The van der Waals surface area contributed by atoms with Gasteiger partial charge in [0.15, 0.2) is 5.60 Å². The Bertz CT molecular complexity index is 646. The van der Waals surface area contributed by atoms with E-state index >= 15 is 0 Å². The molecular weight excluding hydrogens is 272 g/mol. The summed E-state index contributed by atoms with van der Waals surface area (Å²) in [4.78, 5) is 0.432. The maximum atomic E-state index is 10.5. The van der Waals surface area contributed by atoms with Gasteiger partial charge in [0.2, 0.25) is 0 Å². The first-order valence-corrected chi connectivity index (χ1v) is 6.77. The predicted molar refractivity (Wildman–Crippen MR) is 81.7 cm³/mol. The second-order valence-corrected chi connectivity index (χ2v) is 5.22. The molecule has 0 amide bonds. The van der Waals surface area contributed by atoms with Gasteiger partial charge >= 0.3 is 0 Å². The second-order valence-electron chi connectivity index (χ2n) is 4.81. The highest BCUT2D eigenvalue weighted by molar-refractivity contribution is 7.81. The number of nitrogens with zero attached hydrogens (tertiary/aromatic N) is 1. The lowest BCUT2D eigenvalue weighted by molar-refractivity contribution is 0.0713. The molecule has 0 saturated carbocycles. The average molecular weight is 288 g/mol. The van der Waals surface area contributed by atoms with E-state index in [4.69, 9.17) is 22.2 Å². The highest BCUT2D eigenvalue weighted by atomic mass is 32.1.